The normalized spacial score (nSPS) is 30.8. The summed E-state index contributed by atoms with van der Waals surface area (Å²) in [6.07, 6.45) is 0.521. The van der Waals surface area contributed by atoms with E-state index in [0.717, 1.165) is 0 Å². The molecule has 0 radical (unpaired) electrons. The molecule has 2 aliphatic heterocycles. The fraction of sp³-hybridized carbons (Fsp3) is 0.375. The SMILES string of the molecule is COC(=O)C1=C(Br)[C@H]2O[C@@H]1C=C2O. The molecule has 2 atom stereocenters. The van der Waals surface area contributed by atoms with Crippen molar-refractivity contribution in [2.75, 3.05) is 7.11 Å². The van der Waals surface area contributed by atoms with Gasteiger partial charge < -0.3 is 14.6 Å². The zero-order valence-corrected chi connectivity index (χ0v) is 8.37. The molecule has 0 aromatic heterocycles. The van der Waals surface area contributed by atoms with Crippen molar-refractivity contribution in [2.24, 2.45) is 0 Å². The van der Waals surface area contributed by atoms with E-state index >= 15 is 0 Å². The van der Waals surface area contributed by atoms with Gasteiger partial charge in [0.05, 0.1) is 12.7 Å². The van der Waals surface area contributed by atoms with Crippen molar-refractivity contribution in [3.8, 4) is 0 Å². The first-order valence-corrected chi connectivity index (χ1v) is 4.48. The average molecular weight is 247 g/mol. The number of rotatable bonds is 1. The maximum Gasteiger partial charge on any atom is 0.337 e. The summed E-state index contributed by atoms with van der Waals surface area (Å²) in [4.78, 5) is 11.2. The van der Waals surface area contributed by atoms with Gasteiger partial charge in [-0.15, -0.1) is 0 Å². The van der Waals surface area contributed by atoms with E-state index in [1.54, 1.807) is 0 Å². The van der Waals surface area contributed by atoms with Gasteiger partial charge in [0.15, 0.2) is 0 Å². The summed E-state index contributed by atoms with van der Waals surface area (Å²) in [7, 11) is 1.31. The van der Waals surface area contributed by atoms with Crippen molar-refractivity contribution in [1.82, 2.24) is 0 Å². The summed E-state index contributed by atoms with van der Waals surface area (Å²) in [6.45, 7) is 0. The molecular weight excluding hydrogens is 240 g/mol. The molecule has 0 fully saturated rings. The molecule has 0 aromatic rings. The van der Waals surface area contributed by atoms with E-state index in [2.05, 4.69) is 20.7 Å². The Labute approximate surface area is 83.0 Å². The lowest BCUT2D eigenvalue weighted by molar-refractivity contribution is -0.136. The summed E-state index contributed by atoms with van der Waals surface area (Å²) in [5, 5.41) is 9.28. The summed E-state index contributed by atoms with van der Waals surface area (Å²) in [6, 6.07) is 0. The fourth-order valence-corrected chi connectivity index (χ4v) is 2.17. The van der Waals surface area contributed by atoms with Crippen LogP contribution in [0.2, 0.25) is 0 Å². The van der Waals surface area contributed by atoms with Crippen molar-refractivity contribution >= 4 is 21.9 Å². The third kappa shape index (κ3) is 1.11. The molecule has 2 bridgehead atoms. The molecule has 0 unspecified atom stereocenters. The van der Waals surface area contributed by atoms with E-state index in [0.29, 0.717) is 10.1 Å². The molecule has 0 saturated carbocycles. The number of aliphatic hydroxyl groups excluding tert-OH is 1. The molecule has 1 N–H and O–H groups in total. The fourth-order valence-electron chi connectivity index (χ4n) is 1.44. The molecule has 2 aliphatic rings. The third-order valence-electron chi connectivity index (χ3n) is 2.05. The minimum Gasteiger partial charge on any atom is -0.509 e. The Kier molecular flexibility index (Phi) is 1.92. The molecule has 0 saturated heterocycles. The summed E-state index contributed by atoms with van der Waals surface area (Å²) in [5.41, 5.74) is 0.435. The Morgan fingerprint density at radius 2 is 2.46 bits per heavy atom. The molecule has 70 valence electrons. The zero-order valence-electron chi connectivity index (χ0n) is 6.78. The van der Waals surface area contributed by atoms with E-state index in [1.165, 1.54) is 13.2 Å². The smallest absolute Gasteiger partial charge is 0.337 e. The molecule has 0 amide bonds. The number of hydrogen-bond donors (Lipinski definition) is 1. The topological polar surface area (TPSA) is 55.8 Å². The van der Waals surface area contributed by atoms with Crippen LogP contribution in [0.3, 0.4) is 0 Å². The lowest BCUT2D eigenvalue weighted by Gasteiger charge is -2.07. The molecule has 0 aliphatic carbocycles. The average Bonchev–Trinajstić information content (AvgIpc) is 2.59. The summed E-state index contributed by atoms with van der Waals surface area (Å²) < 4.78 is 10.4. The highest BCUT2D eigenvalue weighted by atomic mass is 79.9. The van der Waals surface area contributed by atoms with Crippen LogP contribution in [0.25, 0.3) is 0 Å². The van der Waals surface area contributed by atoms with Gasteiger partial charge in [0.2, 0.25) is 0 Å². The van der Waals surface area contributed by atoms with E-state index in [-0.39, 0.29) is 5.76 Å². The molecule has 5 heteroatoms. The van der Waals surface area contributed by atoms with Gasteiger partial charge in [0.25, 0.3) is 0 Å². The second-order valence-electron chi connectivity index (χ2n) is 2.78. The number of esters is 1. The van der Waals surface area contributed by atoms with Crippen molar-refractivity contribution in [1.29, 1.82) is 0 Å². The number of carbonyl (C=O) groups is 1. The van der Waals surface area contributed by atoms with Gasteiger partial charge in [-0.2, -0.15) is 0 Å². The second kappa shape index (κ2) is 2.85. The summed E-state index contributed by atoms with van der Waals surface area (Å²) in [5.74, 6) is -0.285. The maximum absolute atomic E-state index is 11.2. The van der Waals surface area contributed by atoms with Crippen LogP contribution in [0.15, 0.2) is 21.9 Å². The number of fused-ring (bicyclic) bond motifs is 2. The molecule has 2 heterocycles. The van der Waals surface area contributed by atoms with Crippen molar-refractivity contribution in [3.05, 3.63) is 21.9 Å². The lowest BCUT2D eigenvalue weighted by Crippen LogP contribution is -2.15. The minimum absolute atomic E-state index is 0.143. The van der Waals surface area contributed by atoms with Crippen LogP contribution in [0.1, 0.15) is 0 Å². The van der Waals surface area contributed by atoms with E-state index in [4.69, 9.17) is 4.74 Å². The van der Waals surface area contributed by atoms with E-state index in [1.807, 2.05) is 0 Å². The molecular formula is C8H7BrO4. The number of ether oxygens (including phenoxy) is 2. The number of methoxy groups -OCH3 is 1. The number of halogens is 1. The van der Waals surface area contributed by atoms with Gasteiger partial charge in [0.1, 0.15) is 18.0 Å². The Hall–Kier alpha value is -0.810. The highest BCUT2D eigenvalue weighted by Crippen LogP contribution is 2.40. The predicted molar refractivity (Wildman–Crippen MR) is 47.3 cm³/mol. The molecule has 2 rings (SSSR count). The quantitative estimate of drug-likeness (QED) is 0.703. The highest BCUT2D eigenvalue weighted by molar-refractivity contribution is 9.11. The van der Waals surface area contributed by atoms with Crippen LogP contribution in [-0.2, 0) is 14.3 Å². The van der Waals surface area contributed by atoms with Gasteiger partial charge in [0, 0.05) is 4.48 Å². The van der Waals surface area contributed by atoms with Crippen molar-refractivity contribution in [2.45, 2.75) is 12.2 Å². The molecule has 13 heavy (non-hydrogen) atoms. The summed E-state index contributed by atoms with van der Waals surface area (Å²) >= 11 is 3.20. The van der Waals surface area contributed by atoms with Crippen LogP contribution in [0.5, 0.6) is 0 Å². The highest BCUT2D eigenvalue weighted by Gasteiger charge is 2.43. The van der Waals surface area contributed by atoms with Crippen LogP contribution >= 0.6 is 15.9 Å². The minimum atomic E-state index is -0.515. The van der Waals surface area contributed by atoms with Crippen LogP contribution in [0, 0.1) is 0 Å². The Balaban J connectivity index is 2.33. The maximum atomic E-state index is 11.2. The predicted octanol–water partition coefficient (Wildman–Crippen LogP) is 1.03. The molecule has 0 spiro atoms. The van der Waals surface area contributed by atoms with Crippen molar-refractivity contribution in [3.63, 3.8) is 0 Å². The second-order valence-corrected chi connectivity index (χ2v) is 3.64. The van der Waals surface area contributed by atoms with E-state index < -0.39 is 18.2 Å². The Bertz CT molecular complexity index is 331. The van der Waals surface area contributed by atoms with Crippen LogP contribution in [0.4, 0.5) is 0 Å². The first-order chi connectivity index (χ1) is 6.15. The first-order valence-electron chi connectivity index (χ1n) is 3.69. The largest absolute Gasteiger partial charge is 0.509 e. The van der Waals surface area contributed by atoms with Gasteiger partial charge >= 0.3 is 5.97 Å². The van der Waals surface area contributed by atoms with Crippen molar-refractivity contribution < 1.29 is 19.4 Å². The molecule has 0 aromatic carbocycles. The van der Waals surface area contributed by atoms with Gasteiger partial charge in [-0.25, -0.2) is 4.79 Å². The van der Waals surface area contributed by atoms with Crippen LogP contribution in [-0.4, -0.2) is 30.4 Å². The Morgan fingerprint density at radius 3 is 2.92 bits per heavy atom. The number of hydrogen-bond acceptors (Lipinski definition) is 4. The van der Waals surface area contributed by atoms with Gasteiger partial charge in [-0.3, -0.25) is 0 Å². The number of carbonyl (C=O) groups excluding carboxylic acids is 1. The molecule has 4 nitrogen and oxygen atoms in total. The number of aliphatic hydroxyl groups is 1. The van der Waals surface area contributed by atoms with E-state index in [9.17, 15) is 9.90 Å². The third-order valence-corrected chi connectivity index (χ3v) is 2.89. The van der Waals surface area contributed by atoms with Gasteiger partial charge in [-0.05, 0) is 6.08 Å². The Morgan fingerprint density at radius 1 is 1.77 bits per heavy atom. The first kappa shape index (κ1) is 8.77. The van der Waals surface area contributed by atoms with Crippen LogP contribution < -0.4 is 0 Å². The lowest BCUT2D eigenvalue weighted by atomic mass is 10.1. The zero-order chi connectivity index (χ0) is 9.59. The monoisotopic (exact) mass is 246 g/mol. The standard InChI is InChI=1S/C8H7BrO4/c1-12-8(11)5-4-2-3(10)7(13-4)6(5)9/h2,4,7,10H,1H3/t4-,7+/m1/s1. The van der Waals surface area contributed by atoms with Gasteiger partial charge in [-0.1, -0.05) is 15.9 Å².